The first kappa shape index (κ1) is 17.3. The summed E-state index contributed by atoms with van der Waals surface area (Å²) in [6.45, 7) is 4.14. The van der Waals surface area contributed by atoms with Crippen molar-refractivity contribution in [2.45, 2.75) is 26.1 Å². The number of anilines is 1. The summed E-state index contributed by atoms with van der Waals surface area (Å²) in [6, 6.07) is 18.3. The van der Waals surface area contributed by atoms with Gasteiger partial charge in [-0.05, 0) is 35.7 Å². The second-order valence-corrected chi connectivity index (χ2v) is 6.55. The predicted molar refractivity (Wildman–Crippen MR) is 102 cm³/mol. The molecule has 0 amide bonds. The van der Waals surface area contributed by atoms with E-state index in [0.29, 0.717) is 18.7 Å². The standard InChI is InChI=1S/C21H21N5O/c1-2-16-7-9-19(10-8-16)26-11-12-27-21(26)20-15-25(24-23-20)14-18-6-4-3-5-17(18)13-22/h3-10,15,21H,2,11-12,14H2,1H3/t21-/m1/s1. The monoisotopic (exact) mass is 359 g/mol. The summed E-state index contributed by atoms with van der Waals surface area (Å²) in [7, 11) is 0. The van der Waals surface area contributed by atoms with Gasteiger partial charge in [0.15, 0.2) is 6.23 Å². The van der Waals surface area contributed by atoms with Crippen molar-refractivity contribution in [3.05, 3.63) is 77.1 Å². The number of nitrogens with zero attached hydrogens (tertiary/aromatic N) is 5. The zero-order valence-electron chi connectivity index (χ0n) is 15.2. The third-order valence-corrected chi connectivity index (χ3v) is 4.85. The molecule has 0 bridgehead atoms. The molecule has 27 heavy (non-hydrogen) atoms. The lowest BCUT2D eigenvalue weighted by atomic mass is 10.1. The van der Waals surface area contributed by atoms with E-state index in [-0.39, 0.29) is 6.23 Å². The van der Waals surface area contributed by atoms with Gasteiger partial charge >= 0.3 is 0 Å². The van der Waals surface area contributed by atoms with E-state index >= 15 is 0 Å². The molecule has 2 heterocycles. The molecule has 0 unspecified atom stereocenters. The van der Waals surface area contributed by atoms with Crippen molar-refractivity contribution >= 4 is 5.69 Å². The summed E-state index contributed by atoms with van der Waals surface area (Å²) in [5, 5.41) is 17.8. The van der Waals surface area contributed by atoms with Crippen LogP contribution in [0, 0.1) is 11.3 Å². The van der Waals surface area contributed by atoms with Crippen molar-refractivity contribution < 1.29 is 4.74 Å². The molecular formula is C21H21N5O. The van der Waals surface area contributed by atoms with Crippen molar-refractivity contribution in [1.82, 2.24) is 15.0 Å². The van der Waals surface area contributed by atoms with E-state index in [1.165, 1.54) is 5.56 Å². The average Bonchev–Trinajstić information content (AvgIpc) is 3.38. The third-order valence-electron chi connectivity index (χ3n) is 4.85. The maximum atomic E-state index is 9.25. The van der Waals surface area contributed by atoms with Gasteiger partial charge in [-0.1, -0.05) is 42.5 Å². The molecule has 3 aromatic rings. The van der Waals surface area contributed by atoms with Crippen LogP contribution in [0.2, 0.25) is 0 Å². The Morgan fingerprint density at radius 3 is 2.78 bits per heavy atom. The van der Waals surface area contributed by atoms with Crippen LogP contribution in [0.3, 0.4) is 0 Å². The Kier molecular flexibility index (Phi) is 4.86. The second-order valence-electron chi connectivity index (χ2n) is 6.55. The summed E-state index contributed by atoms with van der Waals surface area (Å²) in [5.41, 5.74) is 4.80. The molecule has 0 N–H and O–H groups in total. The highest BCUT2D eigenvalue weighted by molar-refractivity contribution is 5.49. The summed E-state index contributed by atoms with van der Waals surface area (Å²) < 4.78 is 7.68. The molecule has 6 heteroatoms. The van der Waals surface area contributed by atoms with Gasteiger partial charge in [-0.25, -0.2) is 4.68 Å². The molecule has 1 atom stereocenters. The van der Waals surface area contributed by atoms with Gasteiger partial charge in [0.25, 0.3) is 0 Å². The number of hydrogen-bond acceptors (Lipinski definition) is 5. The summed E-state index contributed by atoms with van der Waals surface area (Å²) in [5.74, 6) is 0. The fourth-order valence-corrected chi connectivity index (χ4v) is 3.35. The van der Waals surface area contributed by atoms with Crippen LogP contribution < -0.4 is 4.90 Å². The Morgan fingerprint density at radius 1 is 1.19 bits per heavy atom. The summed E-state index contributed by atoms with van der Waals surface area (Å²) in [4.78, 5) is 2.21. The first-order valence-corrected chi connectivity index (χ1v) is 9.13. The third kappa shape index (κ3) is 3.55. The lowest BCUT2D eigenvalue weighted by molar-refractivity contribution is 0.110. The second kappa shape index (κ2) is 7.60. The smallest absolute Gasteiger partial charge is 0.177 e. The Hall–Kier alpha value is -3.17. The first-order valence-electron chi connectivity index (χ1n) is 9.13. The fourth-order valence-electron chi connectivity index (χ4n) is 3.35. The van der Waals surface area contributed by atoms with E-state index in [1.54, 1.807) is 4.68 Å². The molecule has 1 fully saturated rings. The molecule has 4 rings (SSSR count). The van der Waals surface area contributed by atoms with Crippen LogP contribution in [0.1, 0.15) is 35.5 Å². The minimum Gasteiger partial charge on any atom is -0.350 e. The van der Waals surface area contributed by atoms with Crippen molar-refractivity contribution in [2.24, 2.45) is 0 Å². The number of nitriles is 1. The summed E-state index contributed by atoms with van der Waals surface area (Å²) in [6.07, 6.45) is 2.69. The molecule has 1 aliphatic rings. The van der Waals surface area contributed by atoms with Gasteiger partial charge in [-0.15, -0.1) is 5.10 Å². The number of benzene rings is 2. The first-order chi connectivity index (χ1) is 13.3. The molecular weight excluding hydrogens is 338 g/mol. The lowest BCUT2D eigenvalue weighted by Gasteiger charge is -2.23. The van der Waals surface area contributed by atoms with Crippen LogP contribution in [0.15, 0.2) is 54.7 Å². The van der Waals surface area contributed by atoms with Gasteiger partial charge < -0.3 is 9.64 Å². The van der Waals surface area contributed by atoms with Gasteiger partial charge in [0.2, 0.25) is 0 Å². The molecule has 1 saturated heterocycles. The Balaban J connectivity index is 1.54. The van der Waals surface area contributed by atoms with E-state index in [0.717, 1.165) is 29.9 Å². The normalized spacial score (nSPS) is 16.4. The molecule has 1 aliphatic heterocycles. The predicted octanol–water partition coefficient (Wildman–Crippen LogP) is 3.30. The molecule has 0 aliphatic carbocycles. The quantitative estimate of drug-likeness (QED) is 0.699. The van der Waals surface area contributed by atoms with E-state index in [9.17, 15) is 5.26 Å². The van der Waals surface area contributed by atoms with E-state index in [1.807, 2.05) is 30.5 Å². The highest BCUT2D eigenvalue weighted by Gasteiger charge is 2.29. The number of hydrogen-bond donors (Lipinski definition) is 0. The van der Waals surface area contributed by atoms with Crippen LogP contribution >= 0.6 is 0 Å². The fraction of sp³-hybridized carbons (Fsp3) is 0.286. The Labute approximate surface area is 158 Å². The average molecular weight is 359 g/mol. The maximum absolute atomic E-state index is 9.25. The highest BCUT2D eigenvalue weighted by Crippen LogP contribution is 2.31. The molecule has 0 spiro atoms. The SMILES string of the molecule is CCc1ccc(N2CCO[C@@H]2c2cn(Cc3ccccc3C#N)nn2)cc1. The maximum Gasteiger partial charge on any atom is 0.177 e. The van der Waals surface area contributed by atoms with Crippen LogP contribution in [0.25, 0.3) is 0 Å². The molecule has 0 saturated carbocycles. The minimum absolute atomic E-state index is 0.238. The van der Waals surface area contributed by atoms with Crippen LogP contribution in [0.4, 0.5) is 5.69 Å². The molecule has 1 aromatic heterocycles. The topological polar surface area (TPSA) is 67.0 Å². The van der Waals surface area contributed by atoms with Crippen molar-refractivity contribution in [2.75, 3.05) is 18.1 Å². The van der Waals surface area contributed by atoms with Gasteiger partial charge in [-0.3, -0.25) is 0 Å². The molecule has 2 aromatic carbocycles. The zero-order valence-corrected chi connectivity index (χ0v) is 15.2. The number of ether oxygens (including phenoxy) is 1. The van der Waals surface area contributed by atoms with Gasteiger partial charge in [0.1, 0.15) is 5.69 Å². The highest BCUT2D eigenvalue weighted by atomic mass is 16.5. The van der Waals surface area contributed by atoms with Crippen molar-refractivity contribution in [3.8, 4) is 6.07 Å². The largest absolute Gasteiger partial charge is 0.350 e. The van der Waals surface area contributed by atoms with E-state index in [2.05, 4.69) is 52.5 Å². The van der Waals surface area contributed by atoms with Crippen molar-refractivity contribution in [3.63, 3.8) is 0 Å². The Morgan fingerprint density at radius 2 is 2.00 bits per heavy atom. The van der Waals surface area contributed by atoms with Gasteiger partial charge in [-0.2, -0.15) is 5.26 Å². The molecule has 136 valence electrons. The lowest BCUT2D eigenvalue weighted by Crippen LogP contribution is -2.23. The minimum atomic E-state index is -0.238. The van der Waals surface area contributed by atoms with Crippen LogP contribution in [-0.4, -0.2) is 28.1 Å². The van der Waals surface area contributed by atoms with E-state index < -0.39 is 0 Å². The molecule has 6 nitrogen and oxygen atoms in total. The van der Waals surface area contributed by atoms with Crippen LogP contribution in [0.5, 0.6) is 0 Å². The van der Waals surface area contributed by atoms with Crippen molar-refractivity contribution in [1.29, 1.82) is 5.26 Å². The summed E-state index contributed by atoms with van der Waals surface area (Å²) >= 11 is 0. The Bertz CT molecular complexity index is 957. The van der Waals surface area contributed by atoms with E-state index in [4.69, 9.17) is 4.74 Å². The number of aryl methyl sites for hydroxylation is 1. The molecule has 0 radical (unpaired) electrons. The van der Waals surface area contributed by atoms with Gasteiger partial charge in [0.05, 0.1) is 31.0 Å². The van der Waals surface area contributed by atoms with Crippen LogP contribution in [-0.2, 0) is 17.7 Å². The number of rotatable bonds is 5. The zero-order chi connectivity index (χ0) is 18.6. The number of aromatic nitrogens is 3. The van der Waals surface area contributed by atoms with Gasteiger partial charge in [0, 0.05) is 12.2 Å².